The molecule has 36 heavy (non-hydrogen) atoms. The molecule has 1 fully saturated rings. The second-order valence-electron chi connectivity index (χ2n) is 8.21. The number of nitrogen functional groups attached to an aromatic ring is 1. The largest absolute Gasteiger partial charge is 0.416 e. The number of halogens is 3. The van der Waals surface area contributed by atoms with E-state index in [9.17, 15) is 23.2 Å². The van der Waals surface area contributed by atoms with Gasteiger partial charge in [0.25, 0.3) is 5.91 Å². The summed E-state index contributed by atoms with van der Waals surface area (Å²) in [7, 11) is 0. The number of pyridine rings is 1. The van der Waals surface area contributed by atoms with Gasteiger partial charge in [0.1, 0.15) is 29.2 Å². The number of fused-ring (bicyclic) bond motifs is 1. The number of imidazole rings is 1. The standard InChI is InChI=1S/C23H18F3N9O/c24-23(25,26)16-5-7-29-17(9-16)32-22(36)14-3-1-13(2-4-14)18-19-20(28)30-12-31-35(19)21(33-18)15-6-8-34(10-15)11-27/h1-5,7,9,12,15H,6,8,10H2,(H2,28,30,31)(H,29,32,36). The predicted octanol–water partition coefficient (Wildman–Crippen LogP) is 3.31. The van der Waals surface area contributed by atoms with Crippen LogP contribution in [-0.2, 0) is 6.18 Å². The highest BCUT2D eigenvalue weighted by Gasteiger charge is 2.31. The molecule has 0 spiro atoms. The van der Waals surface area contributed by atoms with Crippen molar-refractivity contribution in [1.29, 1.82) is 5.26 Å². The van der Waals surface area contributed by atoms with Crippen molar-refractivity contribution < 1.29 is 18.0 Å². The molecule has 1 unspecified atom stereocenters. The fourth-order valence-electron chi connectivity index (χ4n) is 4.15. The van der Waals surface area contributed by atoms with Crippen molar-refractivity contribution >= 4 is 23.1 Å². The molecule has 0 aliphatic carbocycles. The summed E-state index contributed by atoms with van der Waals surface area (Å²) in [5, 5.41) is 15.9. The van der Waals surface area contributed by atoms with Gasteiger partial charge < -0.3 is 16.0 Å². The summed E-state index contributed by atoms with van der Waals surface area (Å²) in [5.74, 6) is 0.0338. The van der Waals surface area contributed by atoms with Crippen LogP contribution in [0.4, 0.5) is 24.8 Å². The topological polar surface area (TPSA) is 138 Å². The summed E-state index contributed by atoms with van der Waals surface area (Å²) in [6, 6.07) is 7.95. The third kappa shape index (κ3) is 4.24. The summed E-state index contributed by atoms with van der Waals surface area (Å²) < 4.78 is 40.4. The van der Waals surface area contributed by atoms with Crippen LogP contribution in [0.25, 0.3) is 16.8 Å². The Bertz CT molecular complexity index is 1490. The Labute approximate surface area is 202 Å². The molecular formula is C23H18F3N9O. The number of carbonyl (C=O) groups excluding carboxylic acids is 1. The minimum Gasteiger partial charge on any atom is -0.382 e. The molecule has 1 aliphatic heterocycles. The van der Waals surface area contributed by atoms with Gasteiger partial charge >= 0.3 is 6.18 Å². The molecule has 3 aromatic heterocycles. The van der Waals surface area contributed by atoms with Crippen LogP contribution >= 0.6 is 0 Å². The van der Waals surface area contributed by atoms with Crippen LogP contribution in [0.2, 0.25) is 0 Å². The third-order valence-electron chi connectivity index (χ3n) is 5.93. The fourth-order valence-corrected chi connectivity index (χ4v) is 4.15. The lowest BCUT2D eigenvalue weighted by atomic mass is 10.1. The van der Waals surface area contributed by atoms with Gasteiger partial charge in [-0.05, 0) is 30.7 Å². The number of nitrogens with two attached hydrogens (primary N) is 1. The van der Waals surface area contributed by atoms with Crippen molar-refractivity contribution in [3.05, 3.63) is 65.9 Å². The summed E-state index contributed by atoms with van der Waals surface area (Å²) in [5.41, 5.74) is 7.11. The molecular weight excluding hydrogens is 475 g/mol. The Morgan fingerprint density at radius 3 is 2.67 bits per heavy atom. The zero-order valence-electron chi connectivity index (χ0n) is 18.6. The number of aromatic nitrogens is 5. The fraction of sp³-hybridized carbons (Fsp3) is 0.217. The van der Waals surface area contributed by atoms with Gasteiger partial charge in [0.15, 0.2) is 12.0 Å². The van der Waals surface area contributed by atoms with Gasteiger partial charge in [0.2, 0.25) is 0 Å². The first-order valence-electron chi connectivity index (χ1n) is 10.8. The van der Waals surface area contributed by atoms with E-state index in [1.165, 1.54) is 18.5 Å². The summed E-state index contributed by atoms with van der Waals surface area (Å²) in [6.07, 6.45) is 0.652. The SMILES string of the molecule is N#CN1CCC(c2nc(-c3ccc(C(=O)Nc4cc(C(F)(F)F)ccn4)cc3)c3c(N)ncnn23)C1. The van der Waals surface area contributed by atoms with Crippen LogP contribution in [0.15, 0.2) is 48.9 Å². The number of hydrogen-bond acceptors (Lipinski definition) is 8. The Hall–Kier alpha value is -4.73. The second kappa shape index (κ2) is 8.81. The zero-order valence-corrected chi connectivity index (χ0v) is 18.6. The minimum atomic E-state index is -4.55. The van der Waals surface area contributed by atoms with E-state index < -0.39 is 17.6 Å². The lowest BCUT2D eigenvalue weighted by Crippen LogP contribution is -2.14. The second-order valence-corrected chi connectivity index (χ2v) is 8.21. The summed E-state index contributed by atoms with van der Waals surface area (Å²) >= 11 is 0. The maximum Gasteiger partial charge on any atom is 0.416 e. The van der Waals surface area contributed by atoms with Crippen molar-refractivity contribution in [2.24, 2.45) is 0 Å². The maximum absolute atomic E-state index is 12.9. The number of nitriles is 1. The molecule has 1 aromatic carbocycles. The molecule has 10 nitrogen and oxygen atoms in total. The number of hydrogen-bond donors (Lipinski definition) is 2. The Balaban J connectivity index is 1.43. The van der Waals surface area contributed by atoms with Gasteiger partial charge in [0.05, 0.1) is 5.56 Å². The van der Waals surface area contributed by atoms with Crippen molar-refractivity contribution in [1.82, 2.24) is 29.5 Å². The Morgan fingerprint density at radius 1 is 1.19 bits per heavy atom. The highest BCUT2D eigenvalue weighted by molar-refractivity contribution is 6.04. The molecule has 1 saturated heterocycles. The number of alkyl halides is 3. The molecule has 4 aromatic rings. The van der Waals surface area contributed by atoms with Gasteiger partial charge in [-0.1, -0.05) is 12.1 Å². The lowest BCUT2D eigenvalue weighted by molar-refractivity contribution is -0.137. The minimum absolute atomic E-state index is 0.0230. The first-order chi connectivity index (χ1) is 17.2. The number of nitrogens with one attached hydrogen (secondary N) is 1. The van der Waals surface area contributed by atoms with Crippen LogP contribution in [0.1, 0.15) is 34.1 Å². The van der Waals surface area contributed by atoms with E-state index in [1.807, 2.05) is 0 Å². The number of benzene rings is 1. The number of rotatable bonds is 4. The molecule has 3 N–H and O–H groups in total. The highest BCUT2D eigenvalue weighted by Crippen LogP contribution is 2.33. The number of amides is 1. The molecule has 182 valence electrons. The monoisotopic (exact) mass is 493 g/mol. The van der Waals surface area contributed by atoms with E-state index in [0.29, 0.717) is 35.7 Å². The molecule has 13 heteroatoms. The van der Waals surface area contributed by atoms with Gasteiger partial charge in [-0.3, -0.25) is 4.79 Å². The van der Waals surface area contributed by atoms with Crippen molar-refractivity contribution in [3.63, 3.8) is 0 Å². The Kier molecular flexibility index (Phi) is 5.63. The molecule has 0 bridgehead atoms. The van der Waals surface area contributed by atoms with Crippen molar-refractivity contribution in [2.45, 2.75) is 18.5 Å². The van der Waals surface area contributed by atoms with E-state index >= 15 is 0 Å². The maximum atomic E-state index is 12.9. The first-order valence-corrected chi connectivity index (χ1v) is 10.8. The van der Waals surface area contributed by atoms with Crippen molar-refractivity contribution in [2.75, 3.05) is 24.1 Å². The number of anilines is 2. The van der Waals surface area contributed by atoms with E-state index in [0.717, 1.165) is 24.8 Å². The summed E-state index contributed by atoms with van der Waals surface area (Å²) in [6.45, 7) is 1.14. The average molecular weight is 493 g/mol. The van der Waals surface area contributed by atoms with Gasteiger partial charge in [-0.2, -0.15) is 23.5 Å². The molecule has 1 atom stereocenters. The van der Waals surface area contributed by atoms with Crippen LogP contribution in [0, 0.1) is 11.5 Å². The van der Waals surface area contributed by atoms with E-state index in [4.69, 9.17) is 10.7 Å². The molecule has 5 rings (SSSR count). The summed E-state index contributed by atoms with van der Waals surface area (Å²) in [4.78, 5) is 26.9. The zero-order chi connectivity index (χ0) is 25.4. The molecule has 4 heterocycles. The molecule has 1 amide bonds. The molecule has 0 radical (unpaired) electrons. The van der Waals surface area contributed by atoms with Crippen LogP contribution in [0.5, 0.6) is 0 Å². The average Bonchev–Trinajstić information content (AvgIpc) is 3.49. The van der Waals surface area contributed by atoms with Gasteiger partial charge in [-0.15, -0.1) is 0 Å². The van der Waals surface area contributed by atoms with Crippen LogP contribution in [-0.4, -0.2) is 48.5 Å². The number of likely N-dealkylation sites (tertiary alicyclic amines) is 1. The van der Waals surface area contributed by atoms with Gasteiger partial charge in [0, 0.05) is 36.3 Å². The lowest BCUT2D eigenvalue weighted by Gasteiger charge is -2.09. The van der Waals surface area contributed by atoms with Crippen molar-refractivity contribution in [3.8, 4) is 17.5 Å². The molecule has 0 saturated carbocycles. The van der Waals surface area contributed by atoms with E-state index in [1.54, 1.807) is 21.5 Å². The predicted molar refractivity (Wildman–Crippen MR) is 122 cm³/mol. The van der Waals surface area contributed by atoms with Gasteiger partial charge in [-0.25, -0.2) is 19.5 Å². The van der Waals surface area contributed by atoms with E-state index in [2.05, 4.69) is 26.6 Å². The quantitative estimate of drug-likeness (QED) is 0.413. The third-order valence-corrected chi connectivity index (χ3v) is 5.93. The number of carbonyl (C=O) groups is 1. The number of nitrogens with zero attached hydrogens (tertiary/aromatic N) is 7. The van der Waals surface area contributed by atoms with E-state index in [-0.39, 0.29) is 23.1 Å². The van der Waals surface area contributed by atoms with Crippen LogP contribution in [0.3, 0.4) is 0 Å². The highest BCUT2D eigenvalue weighted by atomic mass is 19.4. The van der Waals surface area contributed by atoms with Crippen LogP contribution < -0.4 is 11.1 Å². The first kappa shape index (κ1) is 23.0. The Morgan fingerprint density at radius 2 is 1.97 bits per heavy atom. The molecule has 1 aliphatic rings. The normalized spacial score (nSPS) is 15.7. The smallest absolute Gasteiger partial charge is 0.382 e.